The number of nitrogens with one attached hydrogen (secondary N) is 1. The lowest BCUT2D eigenvalue weighted by molar-refractivity contribution is 0.777. The van der Waals surface area contributed by atoms with Crippen molar-refractivity contribution in [1.82, 2.24) is 10.3 Å². The smallest absolute Gasteiger partial charge is 0.123 e. The van der Waals surface area contributed by atoms with Crippen LogP contribution in [0.25, 0.3) is 10.6 Å². The number of benzene rings is 1. The topological polar surface area (TPSA) is 24.9 Å². The molecule has 0 saturated heterocycles. The summed E-state index contributed by atoms with van der Waals surface area (Å²) in [5, 5.41) is 4.30. The first-order valence-electron chi connectivity index (χ1n) is 5.88. The number of aromatic nitrogens is 1. The van der Waals surface area contributed by atoms with Crippen molar-refractivity contribution in [2.24, 2.45) is 0 Å². The summed E-state index contributed by atoms with van der Waals surface area (Å²) >= 11 is 1.79. The molecule has 0 aliphatic rings. The molecule has 90 valence electrons. The van der Waals surface area contributed by atoms with E-state index >= 15 is 0 Å². The van der Waals surface area contributed by atoms with Crippen LogP contribution in [0, 0.1) is 13.8 Å². The molecule has 0 bridgehead atoms. The predicted molar refractivity (Wildman–Crippen MR) is 74.7 cm³/mol. The zero-order valence-corrected chi connectivity index (χ0v) is 11.4. The Hall–Kier alpha value is -1.19. The van der Waals surface area contributed by atoms with E-state index in [1.807, 2.05) is 7.05 Å². The summed E-state index contributed by atoms with van der Waals surface area (Å²) in [5.74, 6) is 0. The Labute approximate surface area is 107 Å². The Bertz CT molecular complexity index is 503. The zero-order valence-electron chi connectivity index (χ0n) is 10.6. The van der Waals surface area contributed by atoms with Crippen LogP contribution in [-0.2, 0) is 6.42 Å². The second kappa shape index (κ2) is 5.43. The van der Waals surface area contributed by atoms with Crippen molar-refractivity contribution in [2.45, 2.75) is 20.3 Å². The highest BCUT2D eigenvalue weighted by Gasteiger charge is 2.08. The van der Waals surface area contributed by atoms with Crippen LogP contribution < -0.4 is 5.32 Å². The van der Waals surface area contributed by atoms with Gasteiger partial charge >= 0.3 is 0 Å². The van der Waals surface area contributed by atoms with Gasteiger partial charge < -0.3 is 5.32 Å². The molecule has 0 amide bonds. The van der Waals surface area contributed by atoms with Gasteiger partial charge in [-0.2, -0.15) is 0 Å². The Morgan fingerprint density at radius 3 is 2.82 bits per heavy atom. The molecule has 0 spiro atoms. The number of rotatable bonds is 4. The van der Waals surface area contributed by atoms with Crippen molar-refractivity contribution in [2.75, 3.05) is 13.6 Å². The molecular weight excluding hydrogens is 228 g/mol. The third-order valence-corrected chi connectivity index (χ3v) is 3.83. The minimum atomic E-state index is 0.984. The fourth-order valence-corrected chi connectivity index (χ4v) is 2.76. The van der Waals surface area contributed by atoms with E-state index in [1.54, 1.807) is 11.3 Å². The van der Waals surface area contributed by atoms with E-state index in [9.17, 15) is 0 Å². The summed E-state index contributed by atoms with van der Waals surface area (Å²) in [7, 11) is 1.98. The van der Waals surface area contributed by atoms with Crippen LogP contribution in [-0.4, -0.2) is 18.6 Å². The summed E-state index contributed by atoms with van der Waals surface area (Å²) in [6, 6.07) is 8.54. The molecule has 1 aromatic carbocycles. The summed E-state index contributed by atoms with van der Waals surface area (Å²) < 4.78 is 0. The average Bonchev–Trinajstić information content (AvgIpc) is 2.68. The molecule has 1 heterocycles. The van der Waals surface area contributed by atoms with E-state index in [4.69, 9.17) is 4.98 Å². The molecule has 0 radical (unpaired) electrons. The number of nitrogens with zero attached hydrogens (tertiary/aromatic N) is 1. The Balaban J connectivity index is 2.28. The fourth-order valence-electron chi connectivity index (χ4n) is 1.80. The van der Waals surface area contributed by atoms with E-state index in [0.29, 0.717) is 0 Å². The Kier molecular flexibility index (Phi) is 3.92. The van der Waals surface area contributed by atoms with Crippen molar-refractivity contribution < 1.29 is 0 Å². The largest absolute Gasteiger partial charge is 0.319 e. The first-order chi connectivity index (χ1) is 8.20. The van der Waals surface area contributed by atoms with E-state index in [0.717, 1.165) is 18.0 Å². The lowest BCUT2D eigenvalue weighted by atomic mass is 10.1. The molecule has 0 aliphatic heterocycles. The molecule has 1 N–H and O–H groups in total. The number of hydrogen-bond acceptors (Lipinski definition) is 3. The summed E-state index contributed by atoms with van der Waals surface area (Å²) in [6.45, 7) is 5.26. The van der Waals surface area contributed by atoms with Gasteiger partial charge in [-0.15, -0.1) is 11.3 Å². The van der Waals surface area contributed by atoms with E-state index in [2.05, 4.69) is 43.4 Å². The van der Waals surface area contributed by atoms with Gasteiger partial charge in [0, 0.05) is 23.4 Å². The van der Waals surface area contributed by atoms with Crippen molar-refractivity contribution in [3.05, 3.63) is 40.4 Å². The minimum absolute atomic E-state index is 0.984. The van der Waals surface area contributed by atoms with Gasteiger partial charge in [-0.3, -0.25) is 0 Å². The van der Waals surface area contributed by atoms with E-state index in [-0.39, 0.29) is 0 Å². The van der Waals surface area contributed by atoms with Gasteiger partial charge in [0.2, 0.25) is 0 Å². The molecule has 2 aromatic rings. The minimum Gasteiger partial charge on any atom is -0.319 e. The van der Waals surface area contributed by atoms with Gasteiger partial charge in [0.05, 0.1) is 5.69 Å². The molecular formula is C14H18N2S. The lowest BCUT2D eigenvalue weighted by Crippen LogP contribution is -2.10. The first kappa shape index (κ1) is 12.3. The summed E-state index contributed by atoms with van der Waals surface area (Å²) in [6.07, 6.45) is 1.00. The zero-order chi connectivity index (χ0) is 12.3. The maximum atomic E-state index is 4.74. The molecule has 1 aromatic heterocycles. The van der Waals surface area contributed by atoms with Gasteiger partial charge in [-0.25, -0.2) is 4.98 Å². The first-order valence-corrected chi connectivity index (χ1v) is 6.70. The van der Waals surface area contributed by atoms with Gasteiger partial charge in [-0.1, -0.05) is 23.8 Å². The Morgan fingerprint density at radius 2 is 2.12 bits per heavy atom. The quantitative estimate of drug-likeness (QED) is 0.896. The molecule has 3 heteroatoms. The van der Waals surface area contributed by atoms with Crippen molar-refractivity contribution in [3.63, 3.8) is 0 Å². The van der Waals surface area contributed by atoms with E-state index in [1.165, 1.54) is 21.7 Å². The number of likely N-dealkylation sites (N-methyl/N-ethyl adjacent to an activating group) is 1. The third-order valence-electron chi connectivity index (χ3n) is 2.77. The maximum Gasteiger partial charge on any atom is 0.123 e. The van der Waals surface area contributed by atoms with Crippen LogP contribution >= 0.6 is 11.3 Å². The highest BCUT2D eigenvalue weighted by atomic mass is 32.1. The molecule has 2 nitrogen and oxygen atoms in total. The van der Waals surface area contributed by atoms with Crippen molar-refractivity contribution in [3.8, 4) is 10.6 Å². The van der Waals surface area contributed by atoms with Crippen LogP contribution in [0.4, 0.5) is 0 Å². The molecule has 2 rings (SSSR count). The average molecular weight is 246 g/mol. The van der Waals surface area contributed by atoms with Crippen LogP contribution in [0.5, 0.6) is 0 Å². The maximum absolute atomic E-state index is 4.74. The highest BCUT2D eigenvalue weighted by molar-refractivity contribution is 7.15. The van der Waals surface area contributed by atoms with Crippen molar-refractivity contribution >= 4 is 11.3 Å². The molecule has 0 fully saturated rings. The molecule has 0 aliphatic carbocycles. The van der Waals surface area contributed by atoms with Gasteiger partial charge in [-0.05, 0) is 27.0 Å². The normalized spacial score (nSPS) is 10.8. The molecule has 0 saturated carbocycles. The second-order valence-corrected chi connectivity index (χ2v) is 5.45. The molecule has 0 unspecified atom stereocenters. The van der Waals surface area contributed by atoms with Crippen LogP contribution in [0.15, 0.2) is 24.3 Å². The van der Waals surface area contributed by atoms with Crippen LogP contribution in [0.1, 0.15) is 16.1 Å². The number of hydrogen-bond donors (Lipinski definition) is 1. The highest BCUT2D eigenvalue weighted by Crippen LogP contribution is 2.28. The standard InChI is InChI=1S/C14H18N2S/c1-10-5-4-6-12(9-10)14-16-13(7-8-15-3)11(2)17-14/h4-6,9,15H,7-8H2,1-3H3. The van der Waals surface area contributed by atoms with Gasteiger partial charge in [0.25, 0.3) is 0 Å². The van der Waals surface area contributed by atoms with Crippen LogP contribution in [0.3, 0.4) is 0 Å². The Morgan fingerprint density at radius 1 is 1.29 bits per heavy atom. The van der Waals surface area contributed by atoms with Gasteiger partial charge in [0.1, 0.15) is 5.01 Å². The molecule has 0 atom stereocenters. The van der Waals surface area contributed by atoms with Crippen LogP contribution in [0.2, 0.25) is 0 Å². The second-order valence-electron chi connectivity index (χ2n) is 4.24. The number of thiazole rings is 1. The summed E-state index contributed by atoms with van der Waals surface area (Å²) in [4.78, 5) is 6.07. The SMILES string of the molecule is CNCCc1nc(-c2cccc(C)c2)sc1C. The summed E-state index contributed by atoms with van der Waals surface area (Å²) in [5.41, 5.74) is 3.74. The lowest BCUT2D eigenvalue weighted by Gasteiger charge is -1.98. The molecule has 17 heavy (non-hydrogen) atoms. The monoisotopic (exact) mass is 246 g/mol. The number of aryl methyl sites for hydroxylation is 2. The predicted octanol–water partition coefficient (Wildman–Crippen LogP) is 3.19. The third kappa shape index (κ3) is 2.93. The van der Waals surface area contributed by atoms with E-state index < -0.39 is 0 Å². The van der Waals surface area contributed by atoms with Gasteiger partial charge in [0.15, 0.2) is 0 Å². The fraction of sp³-hybridized carbons (Fsp3) is 0.357. The van der Waals surface area contributed by atoms with Crippen molar-refractivity contribution in [1.29, 1.82) is 0 Å².